The highest BCUT2D eigenvalue weighted by Crippen LogP contribution is 2.38. The van der Waals surface area contributed by atoms with Crippen molar-refractivity contribution in [1.82, 2.24) is 9.80 Å². The molecule has 4 nitrogen and oxygen atoms in total. The van der Waals surface area contributed by atoms with Gasteiger partial charge in [0.25, 0.3) is 0 Å². The minimum atomic E-state index is -0.624. The number of amides is 1. The number of nitrogens with zero attached hydrogens (tertiary/aromatic N) is 2. The van der Waals surface area contributed by atoms with E-state index in [-0.39, 0.29) is 5.91 Å². The van der Waals surface area contributed by atoms with Crippen LogP contribution in [0.5, 0.6) is 0 Å². The maximum absolute atomic E-state index is 13.1. The number of hydrogen-bond acceptors (Lipinski definition) is 3. The van der Waals surface area contributed by atoms with E-state index in [1.807, 2.05) is 0 Å². The third-order valence-corrected chi connectivity index (χ3v) is 6.72. The average molecular weight is 412 g/mol. The van der Waals surface area contributed by atoms with E-state index in [0.717, 1.165) is 75.9 Å². The molecule has 4 heteroatoms. The third-order valence-electron chi connectivity index (χ3n) is 6.72. The lowest BCUT2D eigenvalue weighted by Gasteiger charge is -2.34. The van der Waals surface area contributed by atoms with Crippen LogP contribution in [0.15, 0.2) is 42.5 Å². The van der Waals surface area contributed by atoms with Crippen LogP contribution in [0.25, 0.3) is 10.8 Å². The van der Waals surface area contributed by atoms with Crippen molar-refractivity contribution in [2.45, 2.75) is 58.8 Å². The van der Waals surface area contributed by atoms with Gasteiger partial charge in [-0.2, -0.15) is 0 Å². The highest BCUT2D eigenvalue weighted by Gasteiger charge is 2.38. The first-order valence-electron chi connectivity index (χ1n) is 11.7. The van der Waals surface area contributed by atoms with Crippen LogP contribution in [-0.4, -0.2) is 55.0 Å². The minimum absolute atomic E-state index is 0.182. The van der Waals surface area contributed by atoms with Crippen molar-refractivity contribution in [2.75, 3.05) is 39.3 Å². The molecule has 0 aromatic heterocycles. The van der Waals surface area contributed by atoms with E-state index in [2.05, 4.69) is 80.0 Å². The van der Waals surface area contributed by atoms with Gasteiger partial charge in [-0.1, -0.05) is 70.2 Å². The molecule has 2 N–H and O–H groups in total. The van der Waals surface area contributed by atoms with E-state index in [1.54, 1.807) is 0 Å². The van der Waals surface area contributed by atoms with Gasteiger partial charge in [0, 0.05) is 0 Å². The first-order chi connectivity index (χ1) is 14.5. The molecule has 0 radical (unpaired) electrons. The molecule has 0 saturated heterocycles. The monoisotopic (exact) mass is 411 g/mol. The first-order valence-corrected chi connectivity index (χ1v) is 11.7. The molecule has 0 aliphatic carbocycles. The summed E-state index contributed by atoms with van der Waals surface area (Å²) in [5.41, 5.74) is 6.67. The number of carbonyl (C=O) groups excluding carboxylic acids is 1. The number of fused-ring (bicyclic) bond motifs is 1. The zero-order chi connectivity index (χ0) is 22.0. The molecule has 0 saturated carbocycles. The topological polar surface area (TPSA) is 49.6 Å². The fourth-order valence-electron chi connectivity index (χ4n) is 4.70. The van der Waals surface area contributed by atoms with Gasteiger partial charge in [0.1, 0.15) is 0 Å². The number of rotatable bonds is 14. The second-order valence-electron chi connectivity index (χ2n) is 8.23. The lowest BCUT2D eigenvalue weighted by Crippen LogP contribution is -2.43. The van der Waals surface area contributed by atoms with Crippen LogP contribution in [-0.2, 0) is 10.2 Å². The van der Waals surface area contributed by atoms with Crippen LogP contribution in [0.1, 0.15) is 58.9 Å². The van der Waals surface area contributed by atoms with Crippen molar-refractivity contribution >= 4 is 16.7 Å². The minimum Gasteiger partial charge on any atom is -0.369 e. The second-order valence-corrected chi connectivity index (χ2v) is 8.23. The predicted octanol–water partition coefficient (Wildman–Crippen LogP) is 4.81. The summed E-state index contributed by atoms with van der Waals surface area (Å²) in [6.07, 6.45) is 3.54. The molecule has 0 bridgehead atoms. The summed E-state index contributed by atoms with van der Waals surface area (Å²) < 4.78 is 0. The molecule has 2 aromatic carbocycles. The Bertz CT molecular complexity index is 757. The van der Waals surface area contributed by atoms with Gasteiger partial charge < -0.3 is 15.5 Å². The number of carbonyl (C=O) groups is 1. The van der Waals surface area contributed by atoms with E-state index < -0.39 is 5.41 Å². The third kappa shape index (κ3) is 5.83. The molecule has 0 fully saturated rings. The molecular weight excluding hydrogens is 370 g/mol. The molecule has 0 heterocycles. The molecule has 0 atom stereocenters. The Labute approximate surface area is 183 Å². The van der Waals surface area contributed by atoms with Crippen LogP contribution in [0, 0.1) is 0 Å². The Hall–Kier alpha value is -1.91. The van der Waals surface area contributed by atoms with E-state index >= 15 is 0 Å². The molecule has 0 unspecified atom stereocenters. The molecule has 1 amide bonds. The van der Waals surface area contributed by atoms with Crippen LogP contribution < -0.4 is 5.73 Å². The van der Waals surface area contributed by atoms with Gasteiger partial charge in [-0.3, -0.25) is 4.79 Å². The standard InChI is InChI=1S/C26H41N3O/c1-5-28(6-2)20-12-18-26(25(27)30,19-13-21-29(7-3)8-4)24-17-11-15-22-14-9-10-16-23(22)24/h9-11,14-17H,5-8,12-13,18-21H2,1-4H3,(H2,27,30). The lowest BCUT2D eigenvalue weighted by atomic mass is 9.71. The van der Waals surface area contributed by atoms with Gasteiger partial charge >= 0.3 is 0 Å². The Morgan fingerprint density at radius 2 is 1.30 bits per heavy atom. The van der Waals surface area contributed by atoms with Crippen molar-refractivity contribution in [3.63, 3.8) is 0 Å². The summed E-state index contributed by atoms with van der Waals surface area (Å²) >= 11 is 0. The Morgan fingerprint density at radius 1 is 0.800 bits per heavy atom. The predicted molar refractivity (Wildman–Crippen MR) is 129 cm³/mol. The Morgan fingerprint density at radius 3 is 1.80 bits per heavy atom. The summed E-state index contributed by atoms with van der Waals surface area (Å²) in [7, 11) is 0. The van der Waals surface area contributed by atoms with E-state index in [4.69, 9.17) is 5.73 Å². The zero-order valence-electron chi connectivity index (χ0n) is 19.5. The van der Waals surface area contributed by atoms with Crippen LogP contribution in [0.4, 0.5) is 0 Å². The number of hydrogen-bond donors (Lipinski definition) is 1. The first kappa shape index (κ1) is 24.4. The summed E-state index contributed by atoms with van der Waals surface area (Å²) in [4.78, 5) is 17.9. The lowest BCUT2D eigenvalue weighted by molar-refractivity contribution is -0.124. The highest BCUT2D eigenvalue weighted by atomic mass is 16.1. The summed E-state index contributed by atoms with van der Waals surface area (Å²) in [6.45, 7) is 14.9. The molecular formula is C26H41N3O. The number of benzene rings is 2. The fourth-order valence-corrected chi connectivity index (χ4v) is 4.70. The van der Waals surface area contributed by atoms with Gasteiger partial charge in [-0.25, -0.2) is 0 Å². The van der Waals surface area contributed by atoms with E-state index in [9.17, 15) is 4.79 Å². The van der Waals surface area contributed by atoms with Crippen LogP contribution >= 0.6 is 0 Å². The van der Waals surface area contributed by atoms with Gasteiger partial charge in [0.2, 0.25) is 5.91 Å². The molecule has 2 aromatic rings. The average Bonchev–Trinajstić information content (AvgIpc) is 2.78. The summed E-state index contributed by atoms with van der Waals surface area (Å²) in [5, 5.41) is 2.33. The van der Waals surface area contributed by atoms with Gasteiger partial charge in [0.15, 0.2) is 0 Å². The van der Waals surface area contributed by atoms with Crippen LogP contribution in [0.3, 0.4) is 0 Å². The molecule has 2 rings (SSSR count). The fraction of sp³-hybridized carbons (Fsp3) is 0.577. The van der Waals surface area contributed by atoms with Crippen molar-refractivity contribution in [1.29, 1.82) is 0 Å². The summed E-state index contributed by atoms with van der Waals surface area (Å²) in [6, 6.07) is 14.7. The summed E-state index contributed by atoms with van der Waals surface area (Å²) in [5.74, 6) is -0.182. The molecule has 0 aliphatic heterocycles. The van der Waals surface area contributed by atoms with Gasteiger partial charge in [-0.05, 0) is 81.3 Å². The quantitative estimate of drug-likeness (QED) is 0.485. The largest absolute Gasteiger partial charge is 0.369 e. The van der Waals surface area contributed by atoms with Crippen molar-refractivity contribution in [3.8, 4) is 0 Å². The van der Waals surface area contributed by atoms with Gasteiger partial charge in [-0.15, -0.1) is 0 Å². The second kappa shape index (κ2) is 12.1. The molecule has 0 spiro atoms. The van der Waals surface area contributed by atoms with Crippen molar-refractivity contribution in [3.05, 3.63) is 48.0 Å². The molecule has 166 valence electrons. The van der Waals surface area contributed by atoms with Crippen molar-refractivity contribution in [2.24, 2.45) is 5.73 Å². The zero-order valence-corrected chi connectivity index (χ0v) is 19.5. The van der Waals surface area contributed by atoms with Gasteiger partial charge in [0.05, 0.1) is 5.41 Å². The van der Waals surface area contributed by atoms with E-state index in [1.165, 1.54) is 5.39 Å². The SMILES string of the molecule is CCN(CC)CCCC(CCCN(CC)CC)(C(N)=O)c1cccc2ccccc12. The van der Waals surface area contributed by atoms with Crippen molar-refractivity contribution < 1.29 is 4.79 Å². The number of primary amides is 1. The number of nitrogens with two attached hydrogens (primary N) is 1. The normalized spacial score (nSPS) is 12.2. The Balaban J connectivity index is 2.38. The smallest absolute Gasteiger partial charge is 0.228 e. The van der Waals surface area contributed by atoms with Crippen LogP contribution in [0.2, 0.25) is 0 Å². The maximum Gasteiger partial charge on any atom is 0.228 e. The molecule has 0 aliphatic rings. The maximum atomic E-state index is 13.1. The Kier molecular flexibility index (Phi) is 9.80. The van der Waals surface area contributed by atoms with E-state index in [0.29, 0.717) is 0 Å². The highest BCUT2D eigenvalue weighted by molar-refractivity contribution is 5.95. The molecule has 30 heavy (non-hydrogen) atoms.